The van der Waals surface area contributed by atoms with Gasteiger partial charge in [0.05, 0.1) is 15.5 Å². The van der Waals surface area contributed by atoms with Crippen molar-refractivity contribution in [3.63, 3.8) is 0 Å². The van der Waals surface area contributed by atoms with Crippen LogP contribution in [0.3, 0.4) is 0 Å². The fourth-order valence-corrected chi connectivity index (χ4v) is 3.90. The number of alkyl halides is 3. The molecule has 0 bridgehead atoms. The van der Waals surface area contributed by atoms with Crippen LogP contribution in [0.2, 0.25) is 5.02 Å². The molecule has 0 aromatic heterocycles. The van der Waals surface area contributed by atoms with Crippen LogP contribution in [-0.4, -0.2) is 19.6 Å². The Bertz CT molecular complexity index is 965. The minimum absolute atomic E-state index is 0.0805. The number of halogens is 4. The summed E-state index contributed by atoms with van der Waals surface area (Å²) in [5, 5.41) is 11.0. The number of nitro groups is 1. The molecular formula is C14H10ClF3N2O4S2. The molecule has 0 aliphatic rings. The molecule has 2 aromatic carbocycles. The Morgan fingerprint density at radius 3 is 2.38 bits per heavy atom. The first-order valence-electron chi connectivity index (χ1n) is 6.67. The fraction of sp³-hybridized carbons (Fsp3) is 0.143. The molecule has 6 nitrogen and oxygen atoms in total. The minimum Gasteiger partial charge on any atom is -0.278 e. The highest BCUT2D eigenvalue weighted by Crippen LogP contribution is 2.38. The molecule has 0 heterocycles. The normalized spacial score (nSPS) is 12.0. The van der Waals surface area contributed by atoms with Crippen LogP contribution in [0.5, 0.6) is 0 Å². The number of benzene rings is 2. The summed E-state index contributed by atoms with van der Waals surface area (Å²) in [5.41, 5.74) is -2.80. The van der Waals surface area contributed by atoms with Gasteiger partial charge in [-0.15, -0.1) is 11.8 Å². The van der Waals surface area contributed by atoms with Crippen LogP contribution in [0.15, 0.2) is 46.2 Å². The van der Waals surface area contributed by atoms with Crippen LogP contribution < -0.4 is 4.72 Å². The van der Waals surface area contributed by atoms with E-state index in [9.17, 15) is 31.7 Å². The van der Waals surface area contributed by atoms with E-state index in [4.69, 9.17) is 11.6 Å². The number of hydrogen-bond acceptors (Lipinski definition) is 5. The van der Waals surface area contributed by atoms with Gasteiger partial charge in [-0.05, 0) is 36.6 Å². The molecule has 0 aliphatic carbocycles. The van der Waals surface area contributed by atoms with Crippen molar-refractivity contribution >= 4 is 44.8 Å². The van der Waals surface area contributed by atoms with Gasteiger partial charge in [-0.2, -0.15) is 13.2 Å². The summed E-state index contributed by atoms with van der Waals surface area (Å²) in [6.07, 6.45) is -3.41. The summed E-state index contributed by atoms with van der Waals surface area (Å²) < 4.78 is 66.1. The van der Waals surface area contributed by atoms with Crippen molar-refractivity contribution in [3.8, 4) is 0 Å². The smallest absolute Gasteiger partial charge is 0.278 e. The standard InChI is InChI=1S/C14H10ClF3N2O4S2/c1-25-13-5-2-8(15)6-11(13)19-26(23,24)9-3-4-12(20(21)22)10(7-9)14(16,17)18/h2-7,19H,1H3. The van der Waals surface area contributed by atoms with Gasteiger partial charge >= 0.3 is 6.18 Å². The van der Waals surface area contributed by atoms with Gasteiger partial charge in [0.2, 0.25) is 0 Å². The third kappa shape index (κ3) is 4.40. The second-order valence-corrected chi connectivity index (χ2v) is 7.85. The zero-order chi connectivity index (χ0) is 19.7. The highest BCUT2D eigenvalue weighted by Gasteiger charge is 2.39. The topological polar surface area (TPSA) is 89.3 Å². The molecule has 0 aliphatic heterocycles. The Kier molecular flexibility index (Phi) is 5.73. The molecule has 0 spiro atoms. The van der Waals surface area contributed by atoms with Gasteiger partial charge in [-0.3, -0.25) is 14.8 Å². The maximum Gasteiger partial charge on any atom is 0.423 e. The number of thioether (sulfide) groups is 1. The van der Waals surface area contributed by atoms with Crippen molar-refractivity contribution in [1.82, 2.24) is 0 Å². The van der Waals surface area contributed by atoms with Crippen LogP contribution in [0, 0.1) is 10.1 Å². The second kappa shape index (κ2) is 7.33. The van der Waals surface area contributed by atoms with E-state index >= 15 is 0 Å². The Morgan fingerprint density at radius 2 is 1.85 bits per heavy atom. The first-order chi connectivity index (χ1) is 12.0. The maximum atomic E-state index is 13.0. The van der Waals surface area contributed by atoms with E-state index < -0.39 is 37.3 Å². The lowest BCUT2D eigenvalue weighted by Crippen LogP contribution is -2.16. The summed E-state index contributed by atoms with van der Waals surface area (Å²) in [4.78, 5) is 9.27. The van der Waals surface area contributed by atoms with Crippen molar-refractivity contribution in [2.45, 2.75) is 16.0 Å². The zero-order valence-electron chi connectivity index (χ0n) is 12.9. The number of anilines is 1. The third-order valence-electron chi connectivity index (χ3n) is 3.19. The van der Waals surface area contributed by atoms with Crippen molar-refractivity contribution in [3.05, 3.63) is 57.1 Å². The van der Waals surface area contributed by atoms with Crippen molar-refractivity contribution in [2.24, 2.45) is 0 Å². The third-order valence-corrected chi connectivity index (χ3v) is 5.58. The number of sulfonamides is 1. The van der Waals surface area contributed by atoms with E-state index in [-0.39, 0.29) is 16.8 Å². The average molecular weight is 427 g/mol. The predicted octanol–water partition coefficient (Wildman–Crippen LogP) is 4.79. The van der Waals surface area contributed by atoms with Gasteiger partial charge in [0, 0.05) is 16.0 Å². The lowest BCUT2D eigenvalue weighted by Gasteiger charge is -2.13. The molecule has 0 fully saturated rings. The summed E-state index contributed by atoms with van der Waals surface area (Å²) in [5.74, 6) is 0. The number of hydrogen-bond donors (Lipinski definition) is 1. The molecule has 0 saturated carbocycles. The summed E-state index contributed by atoms with van der Waals surface area (Å²) in [6.45, 7) is 0. The van der Waals surface area contributed by atoms with Crippen molar-refractivity contribution in [2.75, 3.05) is 11.0 Å². The highest BCUT2D eigenvalue weighted by molar-refractivity contribution is 7.99. The molecule has 0 atom stereocenters. The van der Waals surface area contributed by atoms with E-state index in [0.717, 1.165) is 6.07 Å². The van der Waals surface area contributed by atoms with E-state index in [2.05, 4.69) is 4.72 Å². The SMILES string of the molecule is CSc1ccc(Cl)cc1NS(=O)(=O)c1ccc([N+](=O)[O-])c(C(F)(F)F)c1. The molecule has 0 amide bonds. The van der Waals surface area contributed by atoms with Crippen LogP contribution in [-0.2, 0) is 16.2 Å². The first kappa shape index (κ1) is 20.3. The molecule has 140 valence electrons. The number of rotatable bonds is 5. The number of nitrogens with one attached hydrogen (secondary N) is 1. The van der Waals surface area contributed by atoms with E-state index in [1.165, 1.54) is 23.9 Å². The Hall–Kier alpha value is -1.98. The van der Waals surface area contributed by atoms with Gasteiger partial charge in [-0.1, -0.05) is 11.6 Å². The molecule has 2 aromatic rings. The van der Waals surface area contributed by atoms with Crippen LogP contribution in [0.25, 0.3) is 0 Å². The molecule has 26 heavy (non-hydrogen) atoms. The Morgan fingerprint density at radius 1 is 1.19 bits per heavy atom. The molecule has 0 radical (unpaired) electrons. The Balaban J connectivity index is 2.54. The van der Waals surface area contributed by atoms with Gasteiger partial charge in [0.1, 0.15) is 5.56 Å². The first-order valence-corrected chi connectivity index (χ1v) is 9.76. The van der Waals surface area contributed by atoms with Gasteiger partial charge < -0.3 is 0 Å². The molecular weight excluding hydrogens is 417 g/mol. The van der Waals surface area contributed by atoms with Gasteiger partial charge in [-0.25, -0.2) is 8.42 Å². The molecule has 1 N–H and O–H groups in total. The largest absolute Gasteiger partial charge is 0.423 e. The van der Waals surface area contributed by atoms with E-state index in [1.54, 1.807) is 12.3 Å². The monoisotopic (exact) mass is 426 g/mol. The maximum absolute atomic E-state index is 13.0. The van der Waals surface area contributed by atoms with Gasteiger partial charge in [0.15, 0.2) is 0 Å². The van der Waals surface area contributed by atoms with E-state index in [1.807, 2.05) is 0 Å². The lowest BCUT2D eigenvalue weighted by molar-refractivity contribution is -0.388. The molecule has 0 saturated heterocycles. The molecule has 0 unspecified atom stereocenters. The van der Waals surface area contributed by atoms with Crippen LogP contribution in [0.4, 0.5) is 24.5 Å². The predicted molar refractivity (Wildman–Crippen MR) is 92.1 cm³/mol. The lowest BCUT2D eigenvalue weighted by atomic mass is 10.2. The number of nitrogens with zero attached hydrogens (tertiary/aromatic N) is 1. The Labute approximate surface area is 155 Å². The average Bonchev–Trinajstić information content (AvgIpc) is 2.53. The zero-order valence-corrected chi connectivity index (χ0v) is 15.3. The second-order valence-electron chi connectivity index (χ2n) is 4.88. The highest BCUT2D eigenvalue weighted by atomic mass is 35.5. The fourth-order valence-electron chi connectivity index (χ4n) is 2.03. The quantitative estimate of drug-likeness (QED) is 0.422. The summed E-state index contributed by atoms with van der Waals surface area (Å²) >= 11 is 7.02. The number of nitro benzene ring substituents is 1. The van der Waals surface area contributed by atoms with Crippen LogP contribution >= 0.6 is 23.4 Å². The summed E-state index contributed by atoms with van der Waals surface area (Å²) in [7, 11) is -4.43. The molecule has 12 heteroatoms. The summed E-state index contributed by atoms with van der Waals surface area (Å²) in [6, 6.07) is 5.84. The van der Waals surface area contributed by atoms with Crippen molar-refractivity contribution in [1.29, 1.82) is 0 Å². The molecule has 2 rings (SSSR count). The van der Waals surface area contributed by atoms with Gasteiger partial charge in [0.25, 0.3) is 15.7 Å². The minimum atomic E-state index is -5.09. The van der Waals surface area contributed by atoms with Crippen molar-refractivity contribution < 1.29 is 26.5 Å². The van der Waals surface area contributed by atoms with E-state index in [0.29, 0.717) is 11.0 Å². The van der Waals surface area contributed by atoms with Crippen LogP contribution in [0.1, 0.15) is 5.56 Å².